The molecule has 0 aliphatic carbocycles. The fourth-order valence-corrected chi connectivity index (χ4v) is 2.52. The van der Waals surface area contributed by atoms with Crippen LogP contribution in [0, 0.1) is 0 Å². The molecule has 0 aliphatic heterocycles. The second-order valence-corrected chi connectivity index (χ2v) is 5.16. The molecule has 0 fully saturated rings. The molecule has 0 saturated heterocycles. The third-order valence-corrected chi connectivity index (χ3v) is 3.55. The number of amides is 1. The lowest BCUT2D eigenvalue weighted by Gasteiger charge is -2.10. The first kappa shape index (κ1) is 15.3. The predicted molar refractivity (Wildman–Crippen MR) is 75.6 cm³/mol. The second kappa shape index (κ2) is 6.39. The highest BCUT2D eigenvalue weighted by atomic mass is 32.1. The van der Waals surface area contributed by atoms with Crippen LogP contribution in [-0.2, 0) is 4.74 Å². The van der Waals surface area contributed by atoms with Crippen molar-refractivity contribution in [2.45, 2.75) is 0 Å². The molecule has 8 heteroatoms. The molecule has 0 atom stereocenters. The molecular formula is C11H18N4O3S. The highest BCUT2D eigenvalue weighted by Gasteiger charge is 2.24. The zero-order valence-corrected chi connectivity index (χ0v) is 12.0. The van der Waals surface area contributed by atoms with Gasteiger partial charge in [-0.2, -0.15) is 0 Å². The van der Waals surface area contributed by atoms with Gasteiger partial charge < -0.3 is 26.4 Å². The molecule has 0 radical (unpaired) electrons. The highest BCUT2D eigenvalue weighted by molar-refractivity contribution is 7.19. The molecular weight excluding hydrogens is 268 g/mol. The minimum Gasteiger partial charge on any atom is -0.465 e. The number of esters is 1. The summed E-state index contributed by atoms with van der Waals surface area (Å²) < 4.78 is 4.61. The molecule has 106 valence electrons. The number of primary amides is 1. The zero-order chi connectivity index (χ0) is 14.6. The number of carbonyl (C=O) groups is 2. The highest BCUT2D eigenvalue weighted by Crippen LogP contribution is 2.35. The van der Waals surface area contributed by atoms with Crippen molar-refractivity contribution >= 4 is 33.9 Å². The second-order valence-electron chi connectivity index (χ2n) is 4.13. The third kappa shape index (κ3) is 3.58. The van der Waals surface area contributed by atoms with Gasteiger partial charge in [0.25, 0.3) is 5.91 Å². The smallest absolute Gasteiger partial charge is 0.350 e. The van der Waals surface area contributed by atoms with Gasteiger partial charge in [0.05, 0.1) is 18.4 Å². The van der Waals surface area contributed by atoms with E-state index in [9.17, 15) is 9.59 Å². The van der Waals surface area contributed by atoms with E-state index >= 15 is 0 Å². The molecule has 1 aromatic heterocycles. The molecule has 19 heavy (non-hydrogen) atoms. The van der Waals surface area contributed by atoms with E-state index in [1.54, 1.807) is 0 Å². The quantitative estimate of drug-likeness (QED) is 0.644. The van der Waals surface area contributed by atoms with E-state index in [0.29, 0.717) is 11.5 Å². The van der Waals surface area contributed by atoms with Crippen molar-refractivity contribution in [1.29, 1.82) is 0 Å². The molecule has 0 spiro atoms. The number of hydrogen-bond acceptors (Lipinski definition) is 7. The average molecular weight is 286 g/mol. The minimum absolute atomic E-state index is 0.0664. The van der Waals surface area contributed by atoms with Crippen LogP contribution in [0.3, 0.4) is 0 Å². The molecule has 1 aromatic rings. The van der Waals surface area contributed by atoms with E-state index in [2.05, 4.69) is 10.1 Å². The monoisotopic (exact) mass is 286 g/mol. The van der Waals surface area contributed by atoms with Gasteiger partial charge in [0, 0.05) is 13.1 Å². The summed E-state index contributed by atoms with van der Waals surface area (Å²) in [6.45, 7) is 1.37. The Hall–Kier alpha value is -1.80. The summed E-state index contributed by atoms with van der Waals surface area (Å²) in [7, 11) is 5.11. The number of methoxy groups -OCH3 is 1. The Morgan fingerprint density at radius 3 is 2.53 bits per heavy atom. The number of anilines is 2. The van der Waals surface area contributed by atoms with Gasteiger partial charge in [0.1, 0.15) is 9.88 Å². The van der Waals surface area contributed by atoms with E-state index < -0.39 is 11.9 Å². The SMILES string of the molecule is COC(=O)c1sc(NCCN(C)C)c(C(N)=O)c1N. The van der Waals surface area contributed by atoms with Crippen LogP contribution in [0.5, 0.6) is 0 Å². The molecule has 0 bridgehead atoms. The van der Waals surface area contributed by atoms with Gasteiger partial charge in [-0.3, -0.25) is 4.79 Å². The number of nitrogens with zero attached hydrogens (tertiary/aromatic N) is 1. The summed E-state index contributed by atoms with van der Waals surface area (Å²) in [5, 5.41) is 3.55. The summed E-state index contributed by atoms with van der Waals surface area (Å²) in [6.07, 6.45) is 0. The summed E-state index contributed by atoms with van der Waals surface area (Å²) in [4.78, 5) is 25.1. The largest absolute Gasteiger partial charge is 0.465 e. The van der Waals surface area contributed by atoms with Crippen molar-refractivity contribution in [1.82, 2.24) is 4.90 Å². The van der Waals surface area contributed by atoms with Crippen molar-refractivity contribution in [3.05, 3.63) is 10.4 Å². The van der Waals surface area contributed by atoms with E-state index in [-0.39, 0.29) is 16.1 Å². The average Bonchev–Trinajstić information content (AvgIpc) is 2.65. The van der Waals surface area contributed by atoms with Crippen molar-refractivity contribution in [3.8, 4) is 0 Å². The normalized spacial score (nSPS) is 10.5. The van der Waals surface area contributed by atoms with Crippen LogP contribution in [0.2, 0.25) is 0 Å². The maximum Gasteiger partial charge on any atom is 0.350 e. The first-order valence-corrected chi connectivity index (χ1v) is 6.39. The Labute approximate surface area is 115 Å². The summed E-state index contributed by atoms with van der Waals surface area (Å²) in [6, 6.07) is 0. The number of likely N-dealkylation sites (N-methyl/N-ethyl adjacent to an activating group) is 1. The molecule has 0 aromatic carbocycles. The number of nitrogens with one attached hydrogen (secondary N) is 1. The van der Waals surface area contributed by atoms with E-state index in [0.717, 1.165) is 17.9 Å². The zero-order valence-electron chi connectivity index (χ0n) is 11.1. The van der Waals surface area contributed by atoms with Crippen molar-refractivity contribution in [2.75, 3.05) is 45.3 Å². The molecule has 0 unspecified atom stereocenters. The van der Waals surface area contributed by atoms with E-state index in [1.807, 2.05) is 19.0 Å². The van der Waals surface area contributed by atoms with Crippen LogP contribution in [-0.4, -0.2) is 51.1 Å². The first-order chi connectivity index (χ1) is 8.88. The lowest BCUT2D eigenvalue weighted by atomic mass is 10.2. The van der Waals surface area contributed by atoms with Crippen LogP contribution < -0.4 is 16.8 Å². The number of ether oxygens (including phenoxy) is 1. The van der Waals surface area contributed by atoms with Crippen LogP contribution in [0.25, 0.3) is 0 Å². The molecule has 1 heterocycles. The number of thiophene rings is 1. The summed E-state index contributed by atoms with van der Waals surface area (Å²) in [5.41, 5.74) is 11.3. The van der Waals surface area contributed by atoms with Crippen molar-refractivity contribution in [2.24, 2.45) is 5.73 Å². The number of rotatable bonds is 6. The van der Waals surface area contributed by atoms with E-state index in [4.69, 9.17) is 11.5 Å². The molecule has 7 nitrogen and oxygen atoms in total. The third-order valence-electron chi connectivity index (χ3n) is 2.41. The Kier molecular flexibility index (Phi) is 5.13. The van der Waals surface area contributed by atoms with Gasteiger partial charge in [0.15, 0.2) is 0 Å². The van der Waals surface area contributed by atoms with Gasteiger partial charge in [-0.25, -0.2) is 4.79 Å². The number of hydrogen-bond donors (Lipinski definition) is 3. The van der Waals surface area contributed by atoms with Gasteiger partial charge >= 0.3 is 5.97 Å². The van der Waals surface area contributed by atoms with Crippen LogP contribution >= 0.6 is 11.3 Å². The Morgan fingerprint density at radius 1 is 1.42 bits per heavy atom. The first-order valence-electron chi connectivity index (χ1n) is 5.57. The molecule has 1 amide bonds. The van der Waals surface area contributed by atoms with Crippen LogP contribution in [0.1, 0.15) is 20.0 Å². The summed E-state index contributed by atoms with van der Waals surface area (Å²) in [5.74, 6) is -1.25. The number of nitrogen functional groups attached to an aromatic ring is 1. The lowest BCUT2D eigenvalue weighted by Crippen LogP contribution is -2.22. The Morgan fingerprint density at radius 2 is 2.05 bits per heavy atom. The number of carbonyl (C=O) groups excluding carboxylic acids is 2. The topological polar surface area (TPSA) is 111 Å². The van der Waals surface area contributed by atoms with E-state index in [1.165, 1.54) is 7.11 Å². The van der Waals surface area contributed by atoms with Crippen LogP contribution in [0.15, 0.2) is 0 Å². The molecule has 0 saturated carbocycles. The van der Waals surface area contributed by atoms with Gasteiger partial charge in [0.2, 0.25) is 0 Å². The summed E-state index contributed by atoms with van der Waals surface area (Å²) >= 11 is 1.07. The standard InChI is InChI=1S/C11H18N4O3S/c1-15(2)5-4-14-10-6(9(13)16)7(12)8(19-10)11(17)18-3/h14H,4-5,12H2,1-3H3,(H2,13,16). The van der Waals surface area contributed by atoms with Crippen molar-refractivity contribution < 1.29 is 14.3 Å². The number of nitrogens with two attached hydrogens (primary N) is 2. The fraction of sp³-hybridized carbons (Fsp3) is 0.455. The van der Waals surface area contributed by atoms with Gasteiger partial charge in [-0.05, 0) is 14.1 Å². The maximum atomic E-state index is 11.5. The molecule has 1 rings (SSSR count). The van der Waals surface area contributed by atoms with Gasteiger partial charge in [-0.1, -0.05) is 0 Å². The Bertz CT molecular complexity index is 485. The minimum atomic E-state index is -0.670. The fourth-order valence-electron chi connectivity index (χ4n) is 1.45. The lowest BCUT2D eigenvalue weighted by molar-refractivity contribution is 0.0607. The van der Waals surface area contributed by atoms with Crippen molar-refractivity contribution in [3.63, 3.8) is 0 Å². The molecule has 0 aliphatic rings. The molecule has 5 N–H and O–H groups in total. The predicted octanol–water partition coefficient (Wildman–Crippen LogP) is 0.189. The van der Waals surface area contributed by atoms with Gasteiger partial charge in [-0.15, -0.1) is 11.3 Å². The maximum absolute atomic E-state index is 11.5. The Balaban J connectivity index is 3.02. The van der Waals surface area contributed by atoms with Crippen LogP contribution in [0.4, 0.5) is 10.7 Å².